The Morgan fingerprint density at radius 2 is 1.88 bits per heavy atom. The van der Waals surface area contributed by atoms with Gasteiger partial charge in [0.15, 0.2) is 23.2 Å². The second-order valence-electron chi connectivity index (χ2n) is 14.9. The molecule has 2 N–H and O–H groups in total. The van der Waals surface area contributed by atoms with E-state index < -0.39 is 38.9 Å². The Bertz CT molecular complexity index is 2230. The van der Waals surface area contributed by atoms with E-state index in [0.717, 1.165) is 52.7 Å². The van der Waals surface area contributed by atoms with E-state index in [0.29, 0.717) is 36.4 Å². The van der Waals surface area contributed by atoms with E-state index in [1.165, 1.54) is 24.3 Å². The second kappa shape index (κ2) is 14.7. The maximum atomic E-state index is 15.7. The Balaban J connectivity index is 1.42. The molecular weight excluding hydrogens is 705 g/mol. The number of hydrogen-bond donors (Lipinski definition) is 2. The summed E-state index contributed by atoms with van der Waals surface area (Å²) >= 11 is 1.83. The number of carbonyl (C=O) groups excluding carboxylic acids is 1. The monoisotopic (exact) mass is 749 g/mol. The fraction of sp³-hybridized carbons (Fsp3) is 0.410. The van der Waals surface area contributed by atoms with Gasteiger partial charge in [-0.15, -0.1) is 0 Å². The molecule has 2 aromatic heterocycles. The van der Waals surface area contributed by atoms with Crippen molar-refractivity contribution in [1.29, 1.82) is 0 Å². The molecule has 13 heteroatoms. The first-order valence-corrected chi connectivity index (χ1v) is 20.4. The first-order chi connectivity index (χ1) is 24.5. The van der Waals surface area contributed by atoms with Gasteiger partial charge in [-0.05, 0) is 84.9 Å². The molecular formula is C39H45F2N5O4S2. The number of aromatic nitrogens is 4. The number of rotatable bonds is 5. The van der Waals surface area contributed by atoms with Crippen LogP contribution in [0.5, 0.6) is 11.5 Å². The van der Waals surface area contributed by atoms with E-state index in [4.69, 9.17) is 14.8 Å². The summed E-state index contributed by atoms with van der Waals surface area (Å²) in [6.07, 6.45) is 6.14. The Hall–Kier alpha value is -4.23. The summed E-state index contributed by atoms with van der Waals surface area (Å²) in [5.41, 5.74) is 2.71. The first kappa shape index (κ1) is 37.5. The van der Waals surface area contributed by atoms with Gasteiger partial charge in [-0.3, -0.25) is 9.52 Å². The van der Waals surface area contributed by atoms with Crippen LogP contribution in [-0.4, -0.2) is 51.8 Å². The molecule has 9 nitrogen and oxygen atoms in total. The number of thioether (sulfide) groups is 1. The molecule has 52 heavy (non-hydrogen) atoms. The topological polar surface area (TPSA) is 119 Å². The van der Waals surface area contributed by atoms with Crippen molar-refractivity contribution in [3.63, 3.8) is 0 Å². The number of sulfonamides is 1. The molecule has 5 aromatic rings. The van der Waals surface area contributed by atoms with Crippen LogP contribution in [0.3, 0.4) is 0 Å². The van der Waals surface area contributed by atoms with Crippen LogP contribution in [0.1, 0.15) is 69.5 Å². The highest BCUT2D eigenvalue weighted by molar-refractivity contribution is 7.99. The van der Waals surface area contributed by atoms with Gasteiger partial charge in [-0.25, -0.2) is 26.9 Å². The number of aromatic amines is 1. The highest BCUT2D eigenvalue weighted by Crippen LogP contribution is 2.41. The maximum absolute atomic E-state index is 15.7. The highest BCUT2D eigenvalue weighted by Gasteiger charge is 2.35. The maximum Gasteiger partial charge on any atom is 0.236 e. The number of nitrogens with zero attached hydrogens (tertiary/aromatic N) is 3. The standard InChI is InChI=1S/C39H45F2N5O4S2/c1-24(36(47)45-52(6,48)49)19-25-9-7-10-26(20-25)39(4)16-8-15-38(2,3)23-51-18-14-29-28-13-17-42-33(28)22-32(41)34(29)50-27-11-12-31(40)30(21-27)35-43-37(39)44-46(35)5/h7,9-13,17,20-22,24,42H,8,14-16,18-19,23H2,1-6H3,(H,45,47)/t24-,39?/m0/s1. The number of H-pyrrole nitrogens is 1. The van der Waals surface area contributed by atoms with Crippen LogP contribution in [0.25, 0.3) is 22.3 Å². The van der Waals surface area contributed by atoms with Gasteiger partial charge < -0.3 is 9.72 Å². The van der Waals surface area contributed by atoms with Gasteiger partial charge >= 0.3 is 0 Å². The van der Waals surface area contributed by atoms with E-state index in [1.807, 2.05) is 42.1 Å². The van der Waals surface area contributed by atoms with Gasteiger partial charge in [-0.2, -0.15) is 16.9 Å². The summed E-state index contributed by atoms with van der Waals surface area (Å²) in [5, 5.41) is 5.76. The summed E-state index contributed by atoms with van der Waals surface area (Å²) in [4.78, 5) is 20.7. The zero-order valence-electron chi connectivity index (χ0n) is 30.3. The predicted octanol–water partition coefficient (Wildman–Crippen LogP) is 8.08. The molecule has 1 aliphatic heterocycles. The van der Waals surface area contributed by atoms with Crippen molar-refractivity contribution in [2.75, 3.05) is 17.8 Å². The van der Waals surface area contributed by atoms with Crippen molar-refractivity contribution in [2.45, 2.75) is 65.2 Å². The molecule has 0 saturated carbocycles. The minimum absolute atomic E-state index is 0.00474. The van der Waals surface area contributed by atoms with Crippen LogP contribution in [0, 0.1) is 23.0 Å². The third-order valence-corrected chi connectivity index (χ3v) is 11.9. The number of carbonyl (C=O) groups is 1. The lowest BCUT2D eigenvalue weighted by atomic mass is 9.75. The normalized spacial score (nSPS) is 18.8. The van der Waals surface area contributed by atoms with Gasteiger partial charge in [0, 0.05) is 41.7 Å². The van der Waals surface area contributed by atoms with Gasteiger partial charge in [0.1, 0.15) is 11.6 Å². The second-order valence-corrected chi connectivity index (χ2v) is 17.8. The quantitative estimate of drug-likeness (QED) is 0.187. The number of halogens is 2. The Morgan fingerprint density at radius 1 is 1.10 bits per heavy atom. The fourth-order valence-corrected chi connectivity index (χ4v) is 8.72. The SMILES string of the molecule is C[C@@H](Cc1cccc(C2(C)CCCC(C)(C)CSCCc3c(c(F)cc4[nH]ccc34)Oc3ccc(F)c(c3)-c3nc2nn3C)c1)C(=O)NS(C)(=O)=O. The first-order valence-electron chi connectivity index (χ1n) is 17.4. The molecule has 0 saturated heterocycles. The Kier molecular flexibility index (Phi) is 10.6. The Morgan fingerprint density at radius 3 is 2.65 bits per heavy atom. The summed E-state index contributed by atoms with van der Waals surface area (Å²) in [5.74, 6) is 0.700. The van der Waals surface area contributed by atoms with Crippen LogP contribution in [0.2, 0.25) is 0 Å². The molecule has 4 bridgehead atoms. The molecule has 1 aliphatic rings. The van der Waals surface area contributed by atoms with E-state index in [9.17, 15) is 13.2 Å². The molecule has 0 fully saturated rings. The van der Waals surface area contributed by atoms with Gasteiger partial charge in [0.2, 0.25) is 15.9 Å². The van der Waals surface area contributed by atoms with E-state index >= 15 is 8.78 Å². The third-order valence-electron chi connectivity index (χ3n) is 9.88. The lowest BCUT2D eigenvalue weighted by molar-refractivity contribution is -0.122. The summed E-state index contributed by atoms with van der Waals surface area (Å²) < 4.78 is 64.6. The van der Waals surface area contributed by atoms with Crippen LogP contribution in [-0.2, 0) is 40.1 Å². The molecule has 6 rings (SSSR count). The van der Waals surface area contributed by atoms with Crippen molar-refractivity contribution in [3.8, 4) is 22.9 Å². The van der Waals surface area contributed by atoms with E-state index in [-0.39, 0.29) is 22.5 Å². The minimum Gasteiger partial charge on any atom is -0.454 e. The van der Waals surface area contributed by atoms with Crippen molar-refractivity contribution in [1.82, 2.24) is 24.5 Å². The molecule has 0 spiro atoms. The molecule has 3 aromatic carbocycles. The zero-order chi connectivity index (χ0) is 37.4. The lowest BCUT2D eigenvalue weighted by Gasteiger charge is -2.31. The predicted molar refractivity (Wildman–Crippen MR) is 202 cm³/mol. The minimum atomic E-state index is -3.68. The van der Waals surface area contributed by atoms with Crippen molar-refractivity contribution in [3.05, 3.63) is 94.9 Å². The molecule has 3 heterocycles. The molecule has 276 valence electrons. The molecule has 2 atom stereocenters. The van der Waals surface area contributed by atoms with Gasteiger partial charge in [-0.1, -0.05) is 51.5 Å². The van der Waals surface area contributed by atoms with Gasteiger partial charge in [0.25, 0.3) is 0 Å². The zero-order valence-corrected chi connectivity index (χ0v) is 32.0. The van der Waals surface area contributed by atoms with E-state index in [2.05, 4.69) is 30.5 Å². The van der Waals surface area contributed by atoms with E-state index in [1.54, 1.807) is 24.9 Å². The average molecular weight is 750 g/mol. The molecule has 1 unspecified atom stereocenters. The third kappa shape index (κ3) is 8.20. The van der Waals surface area contributed by atoms with Crippen LogP contribution in [0.15, 0.2) is 60.8 Å². The number of fused-ring (bicyclic) bond motifs is 8. The lowest BCUT2D eigenvalue weighted by Crippen LogP contribution is -2.34. The molecule has 1 amide bonds. The van der Waals surface area contributed by atoms with Crippen molar-refractivity contribution in [2.24, 2.45) is 18.4 Å². The number of hydrogen-bond acceptors (Lipinski definition) is 7. The number of ether oxygens (including phenoxy) is 1. The van der Waals surface area contributed by atoms with Crippen LogP contribution < -0.4 is 9.46 Å². The number of aryl methyl sites for hydroxylation is 2. The number of benzene rings is 3. The highest BCUT2D eigenvalue weighted by atomic mass is 32.2. The smallest absolute Gasteiger partial charge is 0.236 e. The largest absolute Gasteiger partial charge is 0.454 e. The average Bonchev–Trinajstić information content (AvgIpc) is 3.70. The number of nitrogens with one attached hydrogen (secondary N) is 2. The molecule has 0 aliphatic carbocycles. The van der Waals surface area contributed by atoms with Gasteiger partial charge in [0.05, 0.1) is 17.2 Å². The number of amides is 1. The Labute approximate surface area is 308 Å². The molecule has 0 radical (unpaired) electrons. The van der Waals surface area contributed by atoms with Crippen molar-refractivity contribution < 1.29 is 26.7 Å². The van der Waals surface area contributed by atoms with Crippen molar-refractivity contribution >= 4 is 38.6 Å². The summed E-state index contributed by atoms with van der Waals surface area (Å²) in [7, 11) is -1.96. The van der Waals surface area contributed by atoms with Crippen LogP contribution >= 0.6 is 11.8 Å². The van der Waals surface area contributed by atoms with Crippen LogP contribution in [0.4, 0.5) is 8.78 Å². The fourth-order valence-electron chi connectivity index (χ4n) is 6.96. The summed E-state index contributed by atoms with van der Waals surface area (Å²) in [6, 6.07) is 15.5. The summed E-state index contributed by atoms with van der Waals surface area (Å²) in [6.45, 7) is 8.29.